The van der Waals surface area contributed by atoms with Gasteiger partial charge in [-0.05, 0) is 6.08 Å². The highest BCUT2D eigenvalue weighted by atomic mass is 31.2. The molecule has 66 valence electrons. The Balaban J connectivity index is 2.64. The molecule has 1 aliphatic rings. The van der Waals surface area contributed by atoms with Crippen LogP contribution < -0.4 is 0 Å². The number of allylic oxidation sites excluding steroid dienone is 4. The van der Waals surface area contributed by atoms with Crippen LogP contribution in [0.5, 0.6) is 0 Å². The number of phosphoric ester groups is 1. The van der Waals surface area contributed by atoms with E-state index in [-0.39, 0.29) is 5.95 Å². The van der Waals surface area contributed by atoms with E-state index in [9.17, 15) is 4.57 Å². The summed E-state index contributed by atoms with van der Waals surface area (Å²) in [7, 11) is -4.51. The van der Waals surface area contributed by atoms with E-state index in [1.54, 1.807) is 12.2 Å². The summed E-state index contributed by atoms with van der Waals surface area (Å²) in [5.41, 5.74) is 0. The summed E-state index contributed by atoms with van der Waals surface area (Å²) >= 11 is 0. The molecule has 0 aromatic heterocycles. The smallest absolute Gasteiger partial charge is 0.434 e. The Kier molecular flexibility index (Phi) is 2.70. The van der Waals surface area contributed by atoms with Gasteiger partial charge < -0.3 is 9.26 Å². The molecule has 0 atom stereocenters. The Morgan fingerprint density at radius 2 is 2.08 bits per heavy atom. The molecule has 0 aliphatic carbocycles. The van der Waals surface area contributed by atoms with E-state index in [0.29, 0.717) is 0 Å². The van der Waals surface area contributed by atoms with Crippen LogP contribution >= 0.6 is 7.82 Å². The molecule has 0 unspecified atom stereocenters. The van der Waals surface area contributed by atoms with Crippen molar-refractivity contribution in [1.82, 2.24) is 0 Å². The topological polar surface area (TPSA) is 76.0 Å². The van der Waals surface area contributed by atoms with Gasteiger partial charge in [0.15, 0.2) is 0 Å². The van der Waals surface area contributed by atoms with Crippen molar-refractivity contribution >= 4 is 7.82 Å². The first-order valence-electron chi connectivity index (χ1n) is 3.03. The molecule has 0 bridgehead atoms. The Morgan fingerprint density at radius 1 is 1.33 bits per heavy atom. The fourth-order valence-electron chi connectivity index (χ4n) is 0.558. The van der Waals surface area contributed by atoms with E-state index in [1.807, 2.05) is 0 Å². The average Bonchev–Trinajstić information content (AvgIpc) is 2.12. The van der Waals surface area contributed by atoms with Crippen LogP contribution in [0.3, 0.4) is 0 Å². The van der Waals surface area contributed by atoms with Crippen molar-refractivity contribution in [2.24, 2.45) is 0 Å². The molecule has 1 aliphatic heterocycles. The van der Waals surface area contributed by atoms with Gasteiger partial charge in [0.05, 0.1) is 6.26 Å². The largest absolute Gasteiger partial charge is 0.527 e. The highest BCUT2D eigenvalue weighted by molar-refractivity contribution is 7.46. The molecular weight excluding hydrogens is 183 g/mol. The van der Waals surface area contributed by atoms with E-state index in [2.05, 4.69) is 9.26 Å². The van der Waals surface area contributed by atoms with Crippen LogP contribution in [0.2, 0.25) is 0 Å². The monoisotopic (exact) mass is 190 g/mol. The molecule has 0 amide bonds. The van der Waals surface area contributed by atoms with Crippen LogP contribution in [0.1, 0.15) is 0 Å². The standard InChI is InChI=1S/C6H7O5P/c7-12(8,9)11-6-4-2-1-3-5-10-6/h1-5H,(H2,7,8,9). The Bertz CT molecular complexity index is 284. The minimum absolute atomic E-state index is 0.228. The van der Waals surface area contributed by atoms with Gasteiger partial charge in [0, 0.05) is 6.08 Å². The minimum atomic E-state index is -4.51. The van der Waals surface area contributed by atoms with E-state index in [0.717, 1.165) is 0 Å². The molecule has 0 saturated heterocycles. The number of rotatable bonds is 2. The quantitative estimate of drug-likeness (QED) is 0.636. The van der Waals surface area contributed by atoms with Crippen LogP contribution in [0, 0.1) is 0 Å². The second-order valence-electron chi connectivity index (χ2n) is 1.90. The van der Waals surface area contributed by atoms with E-state index >= 15 is 0 Å². The highest BCUT2D eigenvalue weighted by Crippen LogP contribution is 2.39. The van der Waals surface area contributed by atoms with Crippen molar-refractivity contribution in [2.75, 3.05) is 0 Å². The molecule has 5 nitrogen and oxygen atoms in total. The minimum Gasteiger partial charge on any atom is -0.434 e. The summed E-state index contributed by atoms with van der Waals surface area (Å²) in [5, 5.41) is 0. The summed E-state index contributed by atoms with van der Waals surface area (Å²) < 4.78 is 19.2. The molecule has 1 rings (SSSR count). The number of phosphoric acid groups is 1. The molecule has 0 aromatic rings. The number of hydrogen-bond acceptors (Lipinski definition) is 3. The Hall–Kier alpha value is -1.03. The maximum atomic E-state index is 10.3. The van der Waals surface area contributed by atoms with Gasteiger partial charge in [0.2, 0.25) is 0 Å². The van der Waals surface area contributed by atoms with Crippen LogP contribution in [0.4, 0.5) is 0 Å². The molecule has 0 saturated carbocycles. The van der Waals surface area contributed by atoms with Gasteiger partial charge in [0.1, 0.15) is 0 Å². The zero-order valence-corrected chi connectivity index (χ0v) is 6.85. The van der Waals surface area contributed by atoms with E-state index in [4.69, 9.17) is 9.79 Å². The number of ether oxygens (including phenoxy) is 1. The van der Waals surface area contributed by atoms with Gasteiger partial charge in [-0.15, -0.1) is 0 Å². The molecule has 0 fully saturated rings. The molecular formula is C6H7O5P. The first-order valence-corrected chi connectivity index (χ1v) is 4.56. The van der Waals surface area contributed by atoms with Crippen LogP contribution in [-0.2, 0) is 13.8 Å². The molecule has 2 N–H and O–H groups in total. The Labute approximate surface area is 68.9 Å². The molecule has 12 heavy (non-hydrogen) atoms. The lowest BCUT2D eigenvalue weighted by Crippen LogP contribution is -1.90. The molecule has 0 radical (unpaired) electrons. The third-order valence-electron chi connectivity index (χ3n) is 0.926. The molecule has 0 spiro atoms. The lowest BCUT2D eigenvalue weighted by atomic mass is 10.5. The van der Waals surface area contributed by atoms with Crippen molar-refractivity contribution in [3.63, 3.8) is 0 Å². The first-order chi connectivity index (χ1) is 5.58. The SMILES string of the molecule is O=P(O)(O)OC1=CC=CC=CO1. The predicted octanol–water partition coefficient (Wildman–Crippen LogP) is 1.04. The predicted molar refractivity (Wildman–Crippen MR) is 40.6 cm³/mol. The zero-order chi connectivity index (χ0) is 9.03. The third kappa shape index (κ3) is 3.39. The lowest BCUT2D eigenvalue weighted by molar-refractivity contribution is 0.140. The van der Waals surface area contributed by atoms with Crippen molar-refractivity contribution in [2.45, 2.75) is 0 Å². The normalized spacial score (nSPS) is 16.3. The summed E-state index contributed by atoms with van der Waals surface area (Å²) in [6, 6.07) is 0. The van der Waals surface area contributed by atoms with Gasteiger partial charge in [0.25, 0.3) is 5.95 Å². The van der Waals surface area contributed by atoms with Gasteiger partial charge in [-0.2, -0.15) is 0 Å². The van der Waals surface area contributed by atoms with Gasteiger partial charge >= 0.3 is 7.82 Å². The van der Waals surface area contributed by atoms with Crippen LogP contribution in [-0.4, -0.2) is 9.79 Å². The molecule has 0 aromatic carbocycles. The van der Waals surface area contributed by atoms with Crippen molar-refractivity contribution in [1.29, 1.82) is 0 Å². The van der Waals surface area contributed by atoms with Gasteiger partial charge in [-0.1, -0.05) is 12.2 Å². The highest BCUT2D eigenvalue weighted by Gasteiger charge is 2.18. The summed E-state index contributed by atoms with van der Waals surface area (Å²) in [6.45, 7) is 0. The first kappa shape index (κ1) is 9.06. The lowest BCUT2D eigenvalue weighted by Gasteiger charge is -2.07. The van der Waals surface area contributed by atoms with Crippen LogP contribution in [0.25, 0.3) is 0 Å². The van der Waals surface area contributed by atoms with E-state index < -0.39 is 7.82 Å². The third-order valence-corrected chi connectivity index (χ3v) is 1.34. The second-order valence-corrected chi connectivity index (χ2v) is 3.06. The maximum absolute atomic E-state index is 10.3. The van der Waals surface area contributed by atoms with Crippen molar-refractivity contribution < 1.29 is 23.6 Å². The zero-order valence-electron chi connectivity index (χ0n) is 5.95. The number of hydrogen-bond donors (Lipinski definition) is 2. The maximum Gasteiger partial charge on any atom is 0.527 e. The van der Waals surface area contributed by atoms with E-state index in [1.165, 1.54) is 18.4 Å². The summed E-state index contributed by atoms with van der Waals surface area (Å²) in [5.74, 6) is -0.228. The molecule has 6 heteroatoms. The van der Waals surface area contributed by atoms with Crippen molar-refractivity contribution in [3.8, 4) is 0 Å². The van der Waals surface area contributed by atoms with Crippen LogP contribution in [0.15, 0.2) is 36.5 Å². The fourth-order valence-corrected chi connectivity index (χ4v) is 0.897. The summed E-state index contributed by atoms with van der Waals surface area (Å²) in [6.07, 6.45) is 7.29. The second kappa shape index (κ2) is 3.58. The van der Waals surface area contributed by atoms with Gasteiger partial charge in [-0.3, -0.25) is 9.79 Å². The Morgan fingerprint density at radius 3 is 2.75 bits per heavy atom. The van der Waals surface area contributed by atoms with Crippen molar-refractivity contribution in [3.05, 3.63) is 36.5 Å². The molecule has 1 heterocycles. The fraction of sp³-hybridized carbons (Fsp3) is 0. The summed E-state index contributed by atoms with van der Waals surface area (Å²) in [4.78, 5) is 16.8. The van der Waals surface area contributed by atoms with Gasteiger partial charge in [-0.25, -0.2) is 4.57 Å². The average molecular weight is 190 g/mol.